The molecule has 0 spiro atoms. The average Bonchev–Trinajstić information content (AvgIpc) is 2.94. The summed E-state index contributed by atoms with van der Waals surface area (Å²) in [5.41, 5.74) is 2.29. The Morgan fingerprint density at radius 3 is 3.00 bits per heavy atom. The van der Waals surface area contributed by atoms with Gasteiger partial charge in [0.15, 0.2) is 12.1 Å². The first-order valence-corrected chi connectivity index (χ1v) is 6.13. The normalized spacial score (nSPS) is 21.2. The zero-order valence-corrected chi connectivity index (χ0v) is 10.5. The van der Waals surface area contributed by atoms with Crippen molar-refractivity contribution in [1.29, 1.82) is 0 Å². The van der Waals surface area contributed by atoms with Crippen LogP contribution in [-0.2, 0) is 6.42 Å². The molecule has 19 heavy (non-hydrogen) atoms. The van der Waals surface area contributed by atoms with E-state index >= 15 is 0 Å². The number of nitrogens with zero attached hydrogens (tertiary/aromatic N) is 1. The second-order valence-electron chi connectivity index (χ2n) is 4.68. The maximum Gasteiger partial charge on any atom is 0.274 e. The lowest BCUT2D eigenvalue weighted by molar-refractivity contribution is 0.0852. The topological polar surface area (TPSA) is 75.4 Å². The van der Waals surface area contributed by atoms with Crippen LogP contribution in [0.2, 0.25) is 0 Å². The minimum Gasteiger partial charge on any atom is -0.448 e. The van der Waals surface area contributed by atoms with Gasteiger partial charge in [-0.2, -0.15) is 0 Å². The van der Waals surface area contributed by atoms with Gasteiger partial charge in [0.2, 0.25) is 0 Å². The number of aliphatic hydroxyl groups excluding tert-OH is 1. The van der Waals surface area contributed by atoms with Crippen LogP contribution in [0.1, 0.15) is 33.4 Å². The van der Waals surface area contributed by atoms with Crippen molar-refractivity contribution in [3.8, 4) is 0 Å². The van der Waals surface area contributed by atoms with Gasteiger partial charge in [0.1, 0.15) is 5.76 Å². The zero-order valence-electron chi connectivity index (χ0n) is 10.5. The lowest BCUT2D eigenvalue weighted by Gasteiger charge is -2.17. The van der Waals surface area contributed by atoms with Crippen LogP contribution in [-0.4, -0.2) is 22.1 Å². The second kappa shape index (κ2) is 4.51. The van der Waals surface area contributed by atoms with Crippen LogP contribution < -0.4 is 5.32 Å². The number of carbonyl (C=O) groups is 1. The Kier molecular flexibility index (Phi) is 2.83. The summed E-state index contributed by atoms with van der Waals surface area (Å²) in [4.78, 5) is 16.0. The first kappa shape index (κ1) is 11.9. The van der Waals surface area contributed by atoms with Gasteiger partial charge in [-0.05, 0) is 18.1 Å². The molecule has 1 aromatic heterocycles. The Hall–Kier alpha value is -2.14. The van der Waals surface area contributed by atoms with Crippen molar-refractivity contribution < 1.29 is 14.3 Å². The van der Waals surface area contributed by atoms with E-state index < -0.39 is 6.10 Å². The van der Waals surface area contributed by atoms with Crippen molar-refractivity contribution in [3.05, 3.63) is 53.2 Å². The molecule has 2 unspecified atom stereocenters. The average molecular weight is 258 g/mol. The van der Waals surface area contributed by atoms with Gasteiger partial charge in [-0.1, -0.05) is 24.3 Å². The molecule has 0 saturated heterocycles. The van der Waals surface area contributed by atoms with E-state index in [0.717, 1.165) is 11.1 Å². The van der Waals surface area contributed by atoms with Gasteiger partial charge in [0.25, 0.3) is 5.91 Å². The van der Waals surface area contributed by atoms with Crippen LogP contribution in [0.3, 0.4) is 0 Å². The van der Waals surface area contributed by atoms with Gasteiger partial charge in [-0.15, -0.1) is 0 Å². The highest BCUT2D eigenvalue weighted by atomic mass is 16.3. The predicted octanol–water partition coefficient (Wildman–Crippen LogP) is 1.37. The summed E-state index contributed by atoms with van der Waals surface area (Å²) < 4.78 is 5.01. The van der Waals surface area contributed by atoms with Gasteiger partial charge in [0.05, 0.1) is 12.1 Å². The number of hydrogen-bond donors (Lipinski definition) is 2. The molecular formula is C14H14N2O3. The molecule has 5 heteroatoms. The Morgan fingerprint density at radius 1 is 1.47 bits per heavy atom. The first-order valence-electron chi connectivity index (χ1n) is 6.13. The molecule has 1 aromatic carbocycles. The van der Waals surface area contributed by atoms with E-state index in [1.54, 1.807) is 6.92 Å². The second-order valence-corrected chi connectivity index (χ2v) is 4.68. The largest absolute Gasteiger partial charge is 0.448 e. The summed E-state index contributed by atoms with van der Waals surface area (Å²) in [7, 11) is 0. The number of aliphatic hydroxyl groups is 1. The van der Waals surface area contributed by atoms with Gasteiger partial charge in [-0.3, -0.25) is 4.79 Å². The Balaban J connectivity index is 1.84. The van der Waals surface area contributed by atoms with E-state index in [9.17, 15) is 9.90 Å². The molecule has 0 radical (unpaired) electrons. The smallest absolute Gasteiger partial charge is 0.274 e. The maximum atomic E-state index is 12.1. The molecule has 0 bridgehead atoms. The third-order valence-corrected chi connectivity index (χ3v) is 3.45. The number of fused-ring (bicyclic) bond motifs is 1. The van der Waals surface area contributed by atoms with Crippen molar-refractivity contribution in [1.82, 2.24) is 10.3 Å². The van der Waals surface area contributed by atoms with E-state index in [0.29, 0.717) is 12.2 Å². The van der Waals surface area contributed by atoms with Gasteiger partial charge in [-0.25, -0.2) is 4.98 Å². The fraction of sp³-hybridized carbons (Fsp3) is 0.286. The van der Waals surface area contributed by atoms with Crippen LogP contribution in [0.15, 0.2) is 35.1 Å². The minimum absolute atomic E-state index is 0.261. The van der Waals surface area contributed by atoms with Gasteiger partial charge >= 0.3 is 0 Å². The van der Waals surface area contributed by atoms with Crippen molar-refractivity contribution >= 4 is 5.91 Å². The fourth-order valence-electron chi connectivity index (χ4n) is 2.48. The molecule has 5 nitrogen and oxygen atoms in total. The van der Waals surface area contributed by atoms with Crippen LogP contribution in [0, 0.1) is 6.92 Å². The Labute approximate surface area is 110 Å². The molecule has 2 N–H and O–H groups in total. The fourth-order valence-corrected chi connectivity index (χ4v) is 2.48. The molecule has 2 atom stereocenters. The van der Waals surface area contributed by atoms with Crippen LogP contribution in [0.25, 0.3) is 0 Å². The SMILES string of the molecule is Cc1ocnc1C(=O)NC1c2ccccc2CC1O. The standard InChI is InChI=1S/C14H14N2O3/c1-8-12(15-7-19-8)14(18)16-13-10-5-3-2-4-9(10)6-11(13)17/h2-5,7,11,13,17H,6H2,1H3,(H,16,18). The number of aromatic nitrogens is 1. The van der Waals surface area contributed by atoms with Gasteiger partial charge in [0, 0.05) is 6.42 Å². The van der Waals surface area contributed by atoms with Gasteiger partial charge < -0.3 is 14.8 Å². The summed E-state index contributed by atoms with van der Waals surface area (Å²) >= 11 is 0. The van der Waals surface area contributed by atoms with Crippen molar-refractivity contribution in [2.45, 2.75) is 25.5 Å². The molecule has 0 aliphatic heterocycles. The van der Waals surface area contributed by atoms with E-state index in [1.807, 2.05) is 24.3 Å². The quantitative estimate of drug-likeness (QED) is 0.853. The molecule has 98 valence electrons. The highest BCUT2D eigenvalue weighted by Crippen LogP contribution is 2.31. The number of oxazole rings is 1. The molecule has 3 rings (SSSR count). The summed E-state index contributed by atoms with van der Waals surface area (Å²) in [6.07, 6.45) is 1.19. The highest BCUT2D eigenvalue weighted by Gasteiger charge is 2.32. The molecule has 1 heterocycles. The number of hydrogen-bond acceptors (Lipinski definition) is 4. The summed E-state index contributed by atoms with van der Waals surface area (Å²) in [6.45, 7) is 1.68. The molecule has 1 aliphatic rings. The number of benzene rings is 1. The van der Waals surface area contributed by atoms with E-state index in [-0.39, 0.29) is 17.6 Å². The van der Waals surface area contributed by atoms with Crippen LogP contribution in [0.5, 0.6) is 0 Å². The number of rotatable bonds is 2. The molecule has 1 aliphatic carbocycles. The third-order valence-electron chi connectivity index (χ3n) is 3.45. The van der Waals surface area contributed by atoms with Crippen LogP contribution in [0.4, 0.5) is 0 Å². The van der Waals surface area contributed by atoms with Crippen molar-refractivity contribution in [2.75, 3.05) is 0 Å². The monoisotopic (exact) mass is 258 g/mol. The number of carbonyl (C=O) groups excluding carboxylic acids is 1. The highest BCUT2D eigenvalue weighted by molar-refractivity contribution is 5.93. The first-order chi connectivity index (χ1) is 9.16. The molecular weight excluding hydrogens is 244 g/mol. The zero-order chi connectivity index (χ0) is 13.4. The number of amides is 1. The lowest BCUT2D eigenvalue weighted by Crippen LogP contribution is -2.34. The molecule has 1 amide bonds. The summed E-state index contributed by atoms with van der Waals surface area (Å²) in [6, 6.07) is 7.33. The molecule has 0 saturated carbocycles. The van der Waals surface area contributed by atoms with Crippen molar-refractivity contribution in [2.24, 2.45) is 0 Å². The predicted molar refractivity (Wildman–Crippen MR) is 67.6 cm³/mol. The summed E-state index contributed by atoms with van der Waals surface area (Å²) in [5.74, 6) is 0.144. The summed E-state index contributed by atoms with van der Waals surface area (Å²) in [5, 5.41) is 12.9. The van der Waals surface area contributed by atoms with E-state index in [1.165, 1.54) is 6.39 Å². The Bertz CT molecular complexity index is 621. The molecule has 0 fully saturated rings. The Morgan fingerprint density at radius 2 is 2.26 bits per heavy atom. The van der Waals surface area contributed by atoms with Crippen LogP contribution >= 0.6 is 0 Å². The third kappa shape index (κ3) is 2.02. The van der Waals surface area contributed by atoms with E-state index in [2.05, 4.69) is 10.3 Å². The minimum atomic E-state index is -0.603. The van der Waals surface area contributed by atoms with E-state index in [4.69, 9.17) is 4.42 Å². The maximum absolute atomic E-state index is 12.1. The lowest BCUT2D eigenvalue weighted by atomic mass is 10.1. The molecule has 2 aromatic rings. The number of nitrogens with one attached hydrogen (secondary N) is 1. The van der Waals surface area contributed by atoms with Crippen molar-refractivity contribution in [3.63, 3.8) is 0 Å². The number of aryl methyl sites for hydroxylation is 1.